The average Bonchev–Trinajstić information content (AvgIpc) is 3.10. The summed E-state index contributed by atoms with van der Waals surface area (Å²) in [5, 5.41) is 10.7. The van der Waals surface area contributed by atoms with Crippen molar-refractivity contribution < 1.29 is 23.4 Å². The van der Waals surface area contributed by atoms with Gasteiger partial charge in [-0.25, -0.2) is 0 Å². The fourth-order valence-electron chi connectivity index (χ4n) is 2.91. The molecule has 0 aliphatic carbocycles. The molecule has 23 heavy (non-hydrogen) atoms. The first-order valence-corrected chi connectivity index (χ1v) is 9.38. The Hall–Kier alpha value is -1.42. The van der Waals surface area contributed by atoms with E-state index in [0.717, 1.165) is 0 Å². The van der Waals surface area contributed by atoms with E-state index in [1.807, 2.05) is 0 Å². The molecule has 11 heteroatoms. The molecule has 2 aliphatic heterocycles. The number of nitrogens with two attached hydrogens (primary N) is 1. The van der Waals surface area contributed by atoms with Gasteiger partial charge in [0.25, 0.3) is 0 Å². The van der Waals surface area contributed by atoms with Crippen LogP contribution in [0, 0.1) is 0 Å². The zero-order valence-corrected chi connectivity index (χ0v) is 13.6. The van der Waals surface area contributed by atoms with Crippen molar-refractivity contribution in [2.45, 2.75) is 24.5 Å². The number of hydrogen-bond donors (Lipinski definition) is 2. The second kappa shape index (κ2) is 5.30. The summed E-state index contributed by atoms with van der Waals surface area (Å²) >= 11 is 0. The van der Waals surface area contributed by atoms with Gasteiger partial charge in [-0.2, -0.15) is 0 Å². The first-order valence-electron chi connectivity index (χ1n) is 7.16. The molecule has 0 radical (unpaired) electrons. The molecule has 4 atom stereocenters. The Kier molecular flexibility index (Phi) is 3.49. The van der Waals surface area contributed by atoms with E-state index in [4.69, 9.17) is 24.0 Å². The molecule has 2 saturated heterocycles. The molecule has 10 nitrogen and oxygen atoms in total. The van der Waals surface area contributed by atoms with Gasteiger partial charge in [-0.3, -0.25) is 0 Å². The number of aliphatic hydroxyl groups is 1. The van der Waals surface area contributed by atoms with Crippen LogP contribution in [0.4, 0.5) is 5.82 Å². The Balaban J connectivity index is 1.67. The quantitative estimate of drug-likeness (QED) is 0.716. The summed E-state index contributed by atoms with van der Waals surface area (Å²) in [6, 6.07) is 0. The molecule has 4 heterocycles. The van der Waals surface area contributed by atoms with Crippen LogP contribution in [0.1, 0.15) is 6.23 Å². The summed E-state index contributed by atoms with van der Waals surface area (Å²) in [6.07, 6.45) is 0.359. The van der Waals surface area contributed by atoms with Gasteiger partial charge in [-0.15, -0.1) is 0 Å². The molecule has 0 aromatic carbocycles. The molecule has 2 fully saturated rings. The number of nitrogens with zero attached hydrogens (tertiary/aromatic N) is 4. The van der Waals surface area contributed by atoms with E-state index in [0.29, 0.717) is 17.8 Å². The van der Waals surface area contributed by atoms with Crippen LogP contribution in [-0.4, -0.2) is 63.3 Å². The van der Waals surface area contributed by atoms with E-state index < -0.39 is 26.4 Å². The second-order valence-corrected chi connectivity index (χ2v) is 8.26. The minimum absolute atomic E-state index is 0.276. The molecule has 4 rings (SSSR count). The number of nitrogen functional groups attached to an aromatic ring is 1. The van der Waals surface area contributed by atoms with Crippen molar-refractivity contribution in [2.75, 3.05) is 26.1 Å². The summed E-state index contributed by atoms with van der Waals surface area (Å²) in [5.41, 5.74) is 6.75. The molecule has 0 saturated carbocycles. The third kappa shape index (κ3) is 2.30. The van der Waals surface area contributed by atoms with Gasteiger partial charge < -0.3 is 0 Å². The van der Waals surface area contributed by atoms with Crippen LogP contribution in [-0.2, 0) is 18.3 Å². The summed E-state index contributed by atoms with van der Waals surface area (Å²) in [4.78, 5) is 12.3. The van der Waals surface area contributed by atoms with Crippen molar-refractivity contribution in [3.05, 3.63) is 12.7 Å². The zero-order valence-electron chi connectivity index (χ0n) is 12.6. The van der Waals surface area contributed by atoms with Gasteiger partial charge >= 0.3 is 131 Å². The van der Waals surface area contributed by atoms with Crippen molar-refractivity contribution in [2.24, 2.45) is 0 Å². The Morgan fingerprint density at radius 3 is 3.04 bits per heavy atom. The van der Waals surface area contributed by atoms with Gasteiger partial charge in [0.2, 0.25) is 0 Å². The minimum atomic E-state index is -2.73. The zero-order chi connectivity index (χ0) is 16.2. The normalized spacial score (nSPS) is 34.4. The van der Waals surface area contributed by atoms with E-state index in [-0.39, 0.29) is 11.9 Å². The molecular formula is C12H18N5O5P. The predicted octanol–water partition coefficient (Wildman–Crippen LogP) is -0.147. The Bertz CT molecular complexity index is 744. The van der Waals surface area contributed by atoms with E-state index >= 15 is 0 Å². The maximum absolute atomic E-state index is 10.7. The molecule has 126 valence electrons. The van der Waals surface area contributed by atoms with Crippen molar-refractivity contribution in [3.63, 3.8) is 0 Å². The fourth-order valence-corrected chi connectivity index (χ4v) is 4.44. The first-order chi connectivity index (χ1) is 11.0. The molecular weight excluding hydrogens is 325 g/mol. The van der Waals surface area contributed by atoms with Crippen molar-refractivity contribution in [1.82, 2.24) is 19.5 Å². The van der Waals surface area contributed by atoms with Crippen molar-refractivity contribution >= 4 is 24.9 Å². The number of hydrogen-bond acceptors (Lipinski definition) is 9. The molecule has 0 spiro atoms. The summed E-state index contributed by atoms with van der Waals surface area (Å²) in [5.74, 6) is 0.276. The van der Waals surface area contributed by atoms with Crippen LogP contribution in [0.3, 0.4) is 0 Å². The van der Waals surface area contributed by atoms with Gasteiger partial charge in [0.05, 0.1) is 0 Å². The number of ether oxygens (including phenoxy) is 1. The van der Waals surface area contributed by atoms with Gasteiger partial charge in [-0.1, -0.05) is 0 Å². The summed E-state index contributed by atoms with van der Waals surface area (Å²) in [7, 11) is -1.19. The van der Waals surface area contributed by atoms with E-state index in [1.54, 1.807) is 11.2 Å². The van der Waals surface area contributed by atoms with Crippen LogP contribution in [0.15, 0.2) is 12.7 Å². The molecule has 4 unspecified atom stereocenters. The number of fused-ring (bicyclic) bond motifs is 2. The Morgan fingerprint density at radius 1 is 1.43 bits per heavy atom. The van der Waals surface area contributed by atoms with Gasteiger partial charge in [-0.05, 0) is 0 Å². The standard InChI is InChI=1S/C12H18N5O5P/c1-19-23(2)20-3-6-9(22-23)8(18)12(21-6)17-5-16-7-10(13)14-4-15-11(7)17/h4-6,8-9,12,18,23H,3H2,1-2H3,(H2,13,14,15). The molecule has 3 N–H and O–H groups in total. The van der Waals surface area contributed by atoms with Crippen LogP contribution >= 0.6 is 7.94 Å². The molecule has 0 bridgehead atoms. The fraction of sp³-hybridized carbons (Fsp3) is 0.583. The Labute approximate surface area is 132 Å². The number of aromatic nitrogens is 4. The predicted molar refractivity (Wildman–Crippen MR) is 81.7 cm³/mol. The van der Waals surface area contributed by atoms with Crippen molar-refractivity contribution in [1.29, 1.82) is 0 Å². The third-order valence-electron chi connectivity index (χ3n) is 4.20. The van der Waals surface area contributed by atoms with Crippen LogP contribution < -0.4 is 5.73 Å². The van der Waals surface area contributed by atoms with Crippen molar-refractivity contribution in [3.8, 4) is 0 Å². The number of imidazole rings is 1. The third-order valence-corrected chi connectivity index (χ3v) is 6.33. The average molecular weight is 343 g/mol. The molecule has 2 aromatic rings. The van der Waals surface area contributed by atoms with Crippen LogP contribution in [0.2, 0.25) is 0 Å². The first kappa shape index (κ1) is 15.1. The number of anilines is 1. The van der Waals surface area contributed by atoms with Gasteiger partial charge in [0, 0.05) is 0 Å². The van der Waals surface area contributed by atoms with Crippen LogP contribution in [0.25, 0.3) is 11.2 Å². The molecule has 0 amide bonds. The van der Waals surface area contributed by atoms with Gasteiger partial charge in [0.15, 0.2) is 0 Å². The summed E-state index contributed by atoms with van der Waals surface area (Å²) in [6.45, 7) is 2.09. The maximum atomic E-state index is 10.7. The van der Waals surface area contributed by atoms with E-state index in [2.05, 4.69) is 15.0 Å². The monoisotopic (exact) mass is 343 g/mol. The molecule has 2 aromatic heterocycles. The summed E-state index contributed by atoms with van der Waals surface area (Å²) < 4.78 is 24.3. The topological polar surface area (TPSA) is 127 Å². The molecule has 2 aliphatic rings. The SMILES string of the molecule is CO[PH]1(C)OCC2OC(n3cnc4c(N)ncnc43)C(O)C2O1. The van der Waals surface area contributed by atoms with Crippen LogP contribution in [0.5, 0.6) is 0 Å². The Morgan fingerprint density at radius 2 is 2.26 bits per heavy atom. The number of rotatable bonds is 2. The second-order valence-electron chi connectivity index (χ2n) is 5.60. The van der Waals surface area contributed by atoms with Gasteiger partial charge in [0.1, 0.15) is 0 Å². The van der Waals surface area contributed by atoms with E-state index in [1.165, 1.54) is 19.8 Å². The number of aliphatic hydroxyl groups excluding tert-OH is 1. The van der Waals surface area contributed by atoms with E-state index in [9.17, 15) is 5.11 Å².